The van der Waals surface area contributed by atoms with Crippen molar-refractivity contribution in [2.24, 2.45) is 0 Å². The molecule has 2 heteroatoms. The minimum absolute atomic E-state index is 0.949. The highest BCUT2D eigenvalue weighted by molar-refractivity contribution is 6.16. The quantitative estimate of drug-likeness (QED) is 0.155. The number of hydrogen-bond acceptors (Lipinski definition) is 1. The maximum Gasteiger partial charge on any atom is 0.0561 e. The summed E-state index contributed by atoms with van der Waals surface area (Å²) >= 11 is 0. The Kier molecular flexibility index (Phi) is 8.42. The Hall–Kier alpha value is -6.64. The molecule has 0 saturated carbocycles. The highest BCUT2D eigenvalue weighted by atomic mass is 15.1. The lowest BCUT2D eigenvalue weighted by atomic mass is 9.98. The standard InChI is InChI=1S/C51H40N2/c1-3-46-36(2)52(43-30-26-40(27-31-43)37-16-7-4-8-17-37)50-35-49(47-24-13-14-25-48(47)51(46)50)53(44-32-28-41(29-33-44)38-18-9-5-10-19-38)45-23-15-22-42(34-45)39-20-11-6-12-21-39/h4-35H,3H2,1-2H3. The Labute approximate surface area is 311 Å². The topological polar surface area (TPSA) is 8.17 Å². The lowest BCUT2D eigenvalue weighted by molar-refractivity contribution is 1.01. The van der Waals surface area contributed by atoms with Gasteiger partial charge in [-0.2, -0.15) is 0 Å². The number of hydrogen-bond donors (Lipinski definition) is 0. The molecule has 0 amide bonds. The van der Waals surface area contributed by atoms with Crippen molar-refractivity contribution in [1.82, 2.24) is 4.57 Å². The number of aromatic nitrogens is 1. The SMILES string of the molecule is CCc1c(C)n(-c2ccc(-c3ccccc3)cc2)c2cc(N(c3ccc(-c4ccccc4)cc3)c3cccc(-c4ccccc4)c3)c3ccccc3c12. The van der Waals surface area contributed by atoms with E-state index in [1.165, 1.54) is 66.3 Å². The van der Waals surface area contributed by atoms with Crippen molar-refractivity contribution in [3.8, 4) is 39.1 Å². The molecule has 254 valence electrons. The molecule has 9 rings (SSSR count). The molecule has 1 heterocycles. The van der Waals surface area contributed by atoms with Crippen LogP contribution in [-0.4, -0.2) is 4.57 Å². The molecule has 8 aromatic carbocycles. The smallest absolute Gasteiger partial charge is 0.0561 e. The third-order valence-electron chi connectivity index (χ3n) is 10.6. The van der Waals surface area contributed by atoms with Gasteiger partial charge in [0.1, 0.15) is 0 Å². The first-order valence-corrected chi connectivity index (χ1v) is 18.5. The third-order valence-corrected chi connectivity index (χ3v) is 10.6. The molecule has 0 aliphatic rings. The summed E-state index contributed by atoms with van der Waals surface area (Å²) in [7, 11) is 0. The third kappa shape index (κ3) is 5.89. The molecule has 0 radical (unpaired) electrons. The Bertz CT molecular complexity index is 2670. The van der Waals surface area contributed by atoms with Gasteiger partial charge >= 0.3 is 0 Å². The van der Waals surface area contributed by atoms with Crippen molar-refractivity contribution >= 4 is 38.7 Å². The summed E-state index contributed by atoms with van der Waals surface area (Å²) in [6.07, 6.45) is 0.949. The zero-order valence-corrected chi connectivity index (χ0v) is 30.1. The number of benzene rings is 8. The van der Waals surface area contributed by atoms with Crippen LogP contribution < -0.4 is 4.90 Å². The van der Waals surface area contributed by atoms with Crippen molar-refractivity contribution in [1.29, 1.82) is 0 Å². The van der Waals surface area contributed by atoms with Gasteiger partial charge in [-0.3, -0.25) is 0 Å². The Morgan fingerprint density at radius 3 is 1.51 bits per heavy atom. The van der Waals surface area contributed by atoms with Gasteiger partial charge in [-0.15, -0.1) is 0 Å². The zero-order chi connectivity index (χ0) is 35.7. The van der Waals surface area contributed by atoms with E-state index >= 15 is 0 Å². The van der Waals surface area contributed by atoms with Gasteiger partial charge in [0.25, 0.3) is 0 Å². The normalized spacial score (nSPS) is 11.3. The van der Waals surface area contributed by atoms with Gasteiger partial charge in [-0.25, -0.2) is 0 Å². The molecular formula is C51H40N2. The summed E-state index contributed by atoms with van der Waals surface area (Å²) in [6.45, 7) is 4.56. The maximum atomic E-state index is 2.47. The minimum Gasteiger partial charge on any atom is -0.313 e. The second-order valence-electron chi connectivity index (χ2n) is 13.7. The Morgan fingerprint density at radius 2 is 0.925 bits per heavy atom. The minimum atomic E-state index is 0.949. The van der Waals surface area contributed by atoms with E-state index in [1.807, 2.05) is 0 Å². The molecule has 2 nitrogen and oxygen atoms in total. The summed E-state index contributed by atoms with van der Waals surface area (Å²) in [6, 6.07) is 70.3. The van der Waals surface area contributed by atoms with E-state index in [1.54, 1.807) is 0 Å². The Balaban J connectivity index is 1.29. The molecule has 53 heavy (non-hydrogen) atoms. The van der Waals surface area contributed by atoms with Crippen molar-refractivity contribution in [3.63, 3.8) is 0 Å². The number of rotatable bonds is 8. The average Bonchev–Trinajstić information content (AvgIpc) is 3.53. The van der Waals surface area contributed by atoms with Crippen LogP contribution in [0.4, 0.5) is 17.1 Å². The highest BCUT2D eigenvalue weighted by Gasteiger charge is 2.23. The number of fused-ring (bicyclic) bond motifs is 3. The molecule has 0 spiro atoms. The van der Waals surface area contributed by atoms with Crippen LogP contribution in [-0.2, 0) is 6.42 Å². The maximum absolute atomic E-state index is 2.47. The Morgan fingerprint density at radius 1 is 0.434 bits per heavy atom. The summed E-state index contributed by atoms with van der Waals surface area (Å²) < 4.78 is 2.47. The van der Waals surface area contributed by atoms with E-state index in [2.05, 4.69) is 217 Å². The fraction of sp³-hybridized carbons (Fsp3) is 0.0588. The zero-order valence-electron chi connectivity index (χ0n) is 30.1. The molecule has 0 saturated heterocycles. The summed E-state index contributed by atoms with van der Waals surface area (Å²) in [5, 5.41) is 3.82. The largest absolute Gasteiger partial charge is 0.313 e. The molecule has 0 N–H and O–H groups in total. The van der Waals surface area contributed by atoms with Gasteiger partial charge in [0.2, 0.25) is 0 Å². The lowest BCUT2D eigenvalue weighted by Crippen LogP contribution is -2.11. The van der Waals surface area contributed by atoms with Crippen molar-refractivity contribution in [2.45, 2.75) is 20.3 Å². The van der Waals surface area contributed by atoms with Crippen LogP contribution in [0.15, 0.2) is 194 Å². The van der Waals surface area contributed by atoms with Crippen LogP contribution in [0.5, 0.6) is 0 Å². The predicted molar refractivity (Wildman–Crippen MR) is 226 cm³/mol. The molecule has 0 aliphatic heterocycles. The van der Waals surface area contributed by atoms with E-state index in [0.717, 1.165) is 29.2 Å². The first kappa shape index (κ1) is 32.3. The molecular weight excluding hydrogens is 641 g/mol. The molecule has 0 aliphatic carbocycles. The van der Waals surface area contributed by atoms with Gasteiger partial charge in [0.15, 0.2) is 0 Å². The first-order chi connectivity index (χ1) is 26.2. The van der Waals surface area contributed by atoms with E-state index in [-0.39, 0.29) is 0 Å². The van der Waals surface area contributed by atoms with Crippen LogP contribution in [0.25, 0.3) is 60.7 Å². The van der Waals surface area contributed by atoms with Crippen LogP contribution in [0.1, 0.15) is 18.2 Å². The van der Waals surface area contributed by atoms with Crippen LogP contribution in [0.2, 0.25) is 0 Å². The van der Waals surface area contributed by atoms with Crippen LogP contribution >= 0.6 is 0 Å². The van der Waals surface area contributed by atoms with Crippen LogP contribution in [0.3, 0.4) is 0 Å². The summed E-state index contributed by atoms with van der Waals surface area (Å²) in [4.78, 5) is 2.44. The molecule has 0 bridgehead atoms. The monoisotopic (exact) mass is 680 g/mol. The van der Waals surface area contributed by atoms with Gasteiger partial charge in [0.05, 0.1) is 11.2 Å². The molecule has 1 aromatic heterocycles. The lowest BCUT2D eigenvalue weighted by Gasteiger charge is -2.28. The van der Waals surface area contributed by atoms with E-state index in [4.69, 9.17) is 0 Å². The molecule has 0 atom stereocenters. The van der Waals surface area contributed by atoms with Crippen molar-refractivity contribution in [3.05, 3.63) is 205 Å². The van der Waals surface area contributed by atoms with Crippen molar-refractivity contribution in [2.75, 3.05) is 4.90 Å². The van der Waals surface area contributed by atoms with Crippen molar-refractivity contribution < 1.29 is 0 Å². The van der Waals surface area contributed by atoms with E-state index < -0.39 is 0 Å². The fourth-order valence-electron chi connectivity index (χ4n) is 8.03. The second-order valence-corrected chi connectivity index (χ2v) is 13.7. The molecule has 9 aromatic rings. The molecule has 0 unspecified atom stereocenters. The number of nitrogens with zero attached hydrogens (tertiary/aromatic N) is 2. The predicted octanol–water partition coefficient (Wildman–Crippen LogP) is 14.1. The fourth-order valence-corrected chi connectivity index (χ4v) is 8.03. The number of anilines is 3. The number of aryl methyl sites for hydroxylation is 1. The van der Waals surface area contributed by atoms with Gasteiger partial charge < -0.3 is 9.47 Å². The van der Waals surface area contributed by atoms with Crippen LogP contribution in [0, 0.1) is 6.92 Å². The highest BCUT2D eigenvalue weighted by Crippen LogP contribution is 2.45. The molecule has 0 fully saturated rings. The second kappa shape index (κ2) is 13.8. The van der Waals surface area contributed by atoms with Gasteiger partial charge in [0, 0.05) is 33.5 Å². The summed E-state index contributed by atoms with van der Waals surface area (Å²) in [5.41, 5.74) is 15.6. The van der Waals surface area contributed by atoms with E-state index in [0.29, 0.717) is 0 Å². The summed E-state index contributed by atoms with van der Waals surface area (Å²) in [5.74, 6) is 0. The average molecular weight is 681 g/mol. The van der Waals surface area contributed by atoms with Gasteiger partial charge in [-0.05, 0) is 100 Å². The van der Waals surface area contributed by atoms with Gasteiger partial charge in [-0.1, -0.05) is 159 Å². The van der Waals surface area contributed by atoms with E-state index in [9.17, 15) is 0 Å². The first-order valence-electron chi connectivity index (χ1n) is 18.5.